The predicted molar refractivity (Wildman–Crippen MR) is 111 cm³/mol. The van der Waals surface area contributed by atoms with Gasteiger partial charge >= 0.3 is 5.97 Å². The molecular formula is C24H25NO3. The van der Waals surface area contributed by atoms with Crippen LogP contribution in [0.15, 0.2) is 72.8 Å². The second-order valence-electron chi connectivity index (χ2n) is 6.95. The van der Waals surface area contributed by atoms with Gasteiger partial charge in [0.15, 0.2) is 0 Å². The molecule has 4 nitrogen and oxygen atoms in total. The van der Waals surface area contributed by atoms with E-state index in [4.69, 9.17) is 4.74 Å². The molecule has 0 heterocycles. The first kappa shape index (κ1) is 19.6. The lowest BCUT2D eigenvalue weighted by molar-refractivity contribution is -0.141. The molecule has 1 N–H and O–H groups in total. The minimum atomic E-state index is -0.316. The molecule has 144 valence electrons. The number of carbonyl (C=O) groups is 2. The summed E-state index contributed by atoms with van der Waals surface area (Å²) < 4.78 is 4.81. The van der Waals surface area contributed by atoms with Crippen molar-refractivity contribution in [2.24, 2.45) is 0 Å². The van der Waals surface area contributed by atoms with E-state index in [2.05, 4.69) is 23.5 Å². The zero-order valence-corrected chi connectivity index (χ0v) is 16.2. The molecule has 4 heteroatoms. The van der Waals surface area contributed by atoms with Gasteiger partial charge in [0.05, 0.1) is 19.6 Å². The van der Waals surface area contributed by atoms with Gasteiger partial charge in [-0.25, -0.2) is 0 Å². The summed E-state index contributed by atoms with van der Waals surface area (Å²) >= 11 is 0. The van der Waals surface area contributed by atoms with Crippen LogP contribution in [0.25, 0.3) is 10.8 Å². The fraction of sp³-hybridized carbons (Fsp3) is 0.250. The van der Waals surface area contributed by atoms with E-state index in [1.54, 1.807) is 0 Å². The molecule has 2 atom stereocenters. The Hall–Kier alpha value is -3.14. The normalized spacial score (nSPS) is 12.9. The van der Waals surface area contributed by atoms with Crippen LogP contribution in [0, 0.1) is 0 Å². The molecule has 0 aliphatic carbocycles. The highest BCUT2D eigenvalue weighted by Gasteiger charge is 2.21. The maximum Gasteiger partial charge on any atom is 0.306 e. The van der Waals surface area contributed by atoms with E-state index in [-0.39, 0.29) is 36.7 Å². The molecule has 0 bridgehead atoms. The monoisotopic (exact) mass is 375 g/mol. The molecule has 0 fully saturated rings. The van der Waals surface area contributed by atoms with Crippen molar-refractivity contribution in [1.82, 2.24) is 5.32 Å². The van der Waals surface area contributed by atoms with Crippen molar-refractivity contribution in [3.05, 3.63) is 83.9 Å². The number of benzene rings is 3. The molecule has 0 radical (unpaired) electrons. The number of hydrogen-bond acceptors (Lipinski definition) is 3. The number of nitrogens with one attached hydrogen (secondary N) is 1. The average Bonchev–Trinajstić information content (AvgIpc) is 2.73. The molecule has 0 spiro atoms. The first-order chi connectivity index (χ1) is 13.6. The molecule has 0 aliphatic rings. The van der Waals surface area contributed by atoms with E-state index in [1.165, 1.54) is 7.11 Å². The Bertz CT molecular complexity index is 947. The van der Waals surface area contributed by atoms with E-state index in [9.17, 15) is 9.59 Å². The predicted octanol–water partition coefficient (Wildman–Crippen LogP) is 4.75. The zero-order chi connectivity index (χ0) is 19.9. The van der Waals surface area contributed by atoms with Gasteiger partial charge < -0.3 is 10.1 Å². The smallest absolute Gasteiger partial charge is 0.306 e. The molecule has 1 amide bonds. The summed E-state index contributed by atoms with van der Waals surface area (Å²) in [6.45, 7) is 1.98. The SMILES string of the molecule is COC(=O)C[C@@H](CC(=O)N[C@H](C)c1cccc2ccccc12)c1ccccc1. The van der Waals surface area contributed by atoms with E-state index in [0.29, 0.717) is 0 Å². The third-order valence-corrected chi connectivity index (χ3v) is 5.01. The number of esters is 1. The Morgan fingerprint density at radius 2 is 1.57 bits per heavy atom. The van der Waals surface area contributed by atoms with Gasteiger partial charge in [0, 0.05) is 12.3 Å². The fourth-order valence-corrected chi connectivity index (χ4v) is 3.55. The van der Waals surface area contributed by atoms with Crippen LogP contribution in [0.3, 0.4) is 0 Å². The molecule has 0 saturated carbocycles. The van der Waals surface area contributed by atoms with Crippen molar-refractivity contribution in [3.63, 3.8) is 0 Å². The molecule has 0 unspecified atom stereocenters. The lowest BCUT2D eigenvalue weighted by atomic mass is 9.92. The summed E-state index contributed by atoms with van der Waals surface area (Å²) in [5.74, 6) is -0.615. The summed E-state index contributed by atoms with van der Waals surface area (Å²) in [6, 6.07) is 23.7. The largest absolute Gasteiger partial charge is 0.469 e. The van der Waals surface area contributed by atoms with Crippen molar-refractivity contribution in [1.29, 1.82) is 0 Å². The van der Waals surface area contributed by atoms with Crippen molar-refractivity contribution >= 4 is 22.6 Å². The Labute approximate surface area is 165 Å². The Morgan fingerprint density at radius 1 is 0.893 bits per heavy atom. The minimum absolute atomic E-state index is 0.0850. The van der Waals surface area contributed by atoms with Gasteiger partial charge in [-0.2, -0.15) is 0 Å². The van der Waals surface area contributed by atoms with Gasteiger partial charge in [-0.3, -0.25) is 9.59 Å². The van der Waals surface area contributed by atoms with Crippen molar-refractivity contribution in [2.45, 2.75) is 31.7 Å². The fourth-order valence-electron chi connectivity index (χ4n) is 3.55. The summed E-state index contributed by atoms with van der Waals surface area (Å²) in [7, 11) is 1.37. The van der Waals surface area contributed by atoms with Crippen LogP contribution in [0.5, 0.6) is 0 Å². The quantitative estimate of drug-likeness (QED) is 0.606. The number of rotatable bonds is 7. The molecule has 3 rings (SSSR count). The summed E-state index contributed by atoms with van der Waals surface area (Å²) in [5, 5.41) is 5.37. The van der Waals surface area contributed by atoms with Crippen LogP contribution in [-0.4, -0.2) is 19.0 Å². The third kappa shape index (κ3) is 4.77. The van der Waals surface area contributed by atoms with Gasteiger partial charge in [0.2, 0.25) is 5.91 Å². The number of hydrogen-bond donors (Lipinski definition) is 1. The van der Waals surface area contributed by atoms with Crippen LogP contribution in [-0.2, 0) is 14.3 Å². The highest BCUT2D eigenvalue weighted by molar-refractivity contribution is 5.87. The first-order valence-electron chi connectivity index (χ1n) is 9.47. The molecule has 0 saturated heterocycles. The second kappa shape index (κ2) is 9.18. The maximum atomic E-state index is 12.8. The topological polar surface area (TPSA) is 55.4 Å². The van der Waals surface area contributed by atoms with E-state index in [1.807, 2.05) is 61.5 Å². The second-order valence-corrected chi connectivity index (χ2v) is 6.95. The van der Waals surface area contributed by atoms with Gasteiger partial charge in [0.1, 0.15) is 0 Å². The average molecular weight is 375 g/mol. The summed E-state index contributed by atoms with van der Waals surface area (Å²) in [4.78, 5) is 24.6. The van der Waals surface area contributed by atoms with Crippen molar-refractivity contribution < 1.29 is 14.3 Å². The lowest BCUT2D eigenvalue weighted by Gasteiger charge is -2.20. The van der Waals surface area contributed by atoms with Crippen LogP contribution in [0.2, 0.25) is 0 Å². The summed E-state index contributed by atoms with van der Waals surface area (Å²) in [6.07, 6.45) is 0.408. The highest BCUT2D eigenvalue weighted by Crippen LogP contribution is 2.26. The van der Waals surface area contributed by atoms with Crippen molar-refractivity contribution in [3.8, 4) is 0 Å². The number of fused-ring (bicyclic) bond motifs is 1. The molecule has 0 aromatic heterocycles. The molecule has 3 aromatic rings. The standard InChI is InChI=1S/C24H25NO3/c1-17(21-14-8-12-19-11-6-7-13-22(19)21)25-23(26)15-20(16-24(27)28-2)18-9-4-3-5-10-18/h3-14,17,20H,15-16H2,1-2H3,(H,25,26)/t17-,20-/m1/s1. The first-order valence-corrected chi connectivity index (χ1v) is 9.47. The van der Waals surface area contributed by atoms with Crippen molar-refractivity contribution in [2.75, 3.05) is 7.11 Å². The summed E-state index contributed by atoms with van der Waals surface area (Å²) in [5.41, 5.74) is 2.04. The Kier molecular flexibility index (Phi) is 6.43. The molecule has 28 heavy (non-hydrogen) atoms. The number of carbonyl (C=O) groups excluding carboxylic acids is 2. The van der Waals surface area contributed by atoms with Gasteiger partial charge in [0.25, 0.3) is 0 Å². The van der Waals surface area contributed by atoms with Gasteiger partial charge in [-0.05, 0) is 28.8 Å². The van der Waals surface area contributed by atoms with E-state index >= 15 is 0 Å². The van der Waals surface area contributed by atoms with Crippen LogP contribution in [0.4, 0.5) is 0 Å². The molecular weight excluding hydrogens is 350 g/mol. The maximum absolute atomic E-state index is 12.8. The number of ether oxygens (including phenoxy) is 1. The van der Waals surface area contributed by atoms with E-state index < -0.39 is 0 Å². The Morgan fingerprint density at radius 3 is 2.32 bits per heavy atom. The molecule has 0 aliphatic heterocycles. The van der Waals surface area contributed by atoms with Crippen LogP contribution in [0.1, 0.15) is 42.9 Å². The lowest BCUT2D eigenvalue weighted by Crippen LogP contribution is -2.28. The minimum Gasteiger partial charge on any atom is -0.469 e. The van der Waals surface area contributed by atoms with Crippen LogP contribution < -0.4 is 5.32 Å². The Balaban J connectivity index is 1.74. The molecule has 3 aromatic carbocycles. The third-order valence-electron chi connectivity index (χ3n) is 5.01. The van der Waals surface area contributed by atoms with Gasteiger partial charge in [-0.1, -0.05) is 72.8 Å². The van der Waals surface area contributed by atoms with Crippen LogP contribution >= 0.6 is 0 Å². The number of methoxy groups -OCH3 is 1. The van der Waals surface area contributed by atoms with Gasteiger partial charge in [-0.15, -0.1) is 0 Å². The zero-order valence-electron chi connectivity index (χ0n) is 16.2. The van der Waals surface area contributed by atoms with E-state index in [0.717, 1.165) is 21.9 Å². The highest BCUT2D eigenvalue weighted by atomic mass is 16.5. The number of amides is 1.